The van der Waals surface area contributed by atoms with Crippen molar-refractivity contribution < 1.29 is 38.5 Å². The number of amides is 4. The Morgan fingerprint density at radius 3 is 1.75 bits per heavy atom. The van der Waals surface area contributed by atoms with Gasteiger partial charge in [-0.2, -0.15) is 0 Å². The number of carbonyl (C=O) groups is 4. The van der Waals surface area contributed by atoms with Gasteiger partial charge in [-0.3, -0.25) is 15.6 Å². The number of alkyl carbamates (subject to hydrolysis) is 1. The van der Waals surface area contributed by atoms with Crippen LogP contribution in [0.1, 0.15) is 160 Å². The molecule has 1 unspecified atom stereocenters. The highest BCUT2D eigenvalue weighted by molar-refractivity contribution is 5.78. The maximum absolute atomic E-state index is 13.8. The lowest BCUT2D eigenvalue weighted by Crippen LogP contribution is -2.51. The number of nitrogens with zero attached hydrogens (tertiary/aromatic N) is 2. The van der Waals surface area contributed by atoms with E-state index >= 15 is 0 Å². The van der Waals surface area contributed by atoms with Crippen molar-refractivity contribution >= 4 is 24.2 Å². The Bertz CT molecular complexity index is 1520. The standard InChI is InChI=1S/C47H84N6O8/c1-32(36-19-20-37-35-18-17-33-31-34(54)21-23-46(33,11)38(35)22-24-47(36,37)12)39(55)48-25-15-29-52(50-41(57)60-44(5,6)7)27-13-14-28-53(51-42(58)61-45(8,9)10)30-16-26-49-40(56)59-43(2,3)4/h17,32,34-38,54H,13-16,18-31H2,1-12H3,(H,48,55)(H,49,56)(H,50,57)(H,51,58)/t32?,34-,35-,36+,37-,38-,46-,47+/m0/s1. The molecule has 4 aliphatic rings. The van der Waals surface area contributed by atoms with Crippen molar-refractivity contribution in [2.75, 3.05) is 39.3 Å². The fraction of sp³-hybridized carbons (Fsp3) is 0.872. The molecule has 0 aliphatic heterocycles. The van der Waals surface area contributed by atoms with E-state index in [1.807, 2.05) is 67.3 Å². The van der Waals surface area contributed by atoms with Gasteiger partial charge in [0.15, 0.2) is 0 Å². The van der Waals surface area contributed by atoms with Crippen LogP contribution < -0.4 is 21.5 Å². The van der Waals surface area contributed by atoms with Gasteiger partial charge < -0.3 is 30.0 Å². The average molecular weight is 861 g/mol. The minimum atomic E-state index is -0.658. The van der Waals surface area contributed by atoms with E-state index in [-0.39, 0.29) is 28.8 Å². The lowest BCUT2D eigenvalue weighted by atomic mass is 9.47. The SMILES string of the molecule is CC(C(=O)NCCCN(CCCCN(CCCNC(=O)OC(C)(C)C)NC(=O)OC(C)(C)C)NC(=O)OC(C)(C)C)[C@H]1CC[C@H]2[C@@H]3CC=C4C[C@@H](O)CC[C@]4(C)[C@H]3CC[C@]12C. The topological polar surface area (TPSA) is 171 Å². The average Bonchev–Trinajstić information content (AvgIpc) is 3.48. The summed E-state index contributed by atoms with van der Waals surface area (Å²) in [6.45, 7) is 26.3. The first-order valence-electron chi connectivity index (χ1n) is 23.4. The predicted molar refractivity (Wildman–Crippen MR) is 238 cm³/mol. The Hall–Kier alpha value is -3.10. The molecular formula is C47H84N6O8. The fourth-order valence-electron chi connectivity index (χ4n) is 11.0. The Morgan fingerprint density at radius 2 is 1.21 bits per heavy atom. The molecule has 14 heteroatoms. The number of hydrazine groups is 2. The summed E-state index contributed by atoms with van der Waals surface area (Å²) in [5, 5.41) is 20.1. The van der Waals surface area contributed by atoms with Crippen LogP contribution in [0.3, 0.4) is 0 Å². The van der Waals surface area contributed by atoms with Crippen molar-refractivity contribution in [1.29, 1.82) is 0 Å². The van der Waals surface area contributed by atoms with Gasteiger partial charge >= 0.3 is 18.3 Å². The molecule has 3 saturated carbocycles. The molecular weight excluding hydrogens is 777 g/mol. The zero-order valence-electron chi connectivity index (χ0n) is 40.0. The molecule has 350 valence electrons. The van der Waals surface area contributed by atoms with E-state index in [0.29, 0.717) is 88.6 Å². The van der Waals surface area contributed by atoms with Gasteiger partial charge in [0, 0.05) is 45.2 Å². The first kappa shape index (κ1) is 50.5. The molecule has 4 rings (SSSR count). The number of hydrogen-bond donors (Lipinski definition) is 5. The zero-order chi connectivity index (χ0) is 45.4. The van der Waals surface area contributed by atoms with Crippen LogP contribution in [-0.2, 0) is 19.0 Å². The number of carbonyl (C=O) groups excluding carboxylic acids is 4. The van der Waals surface area contributed by atoms with Crippen molar-refractivity contribution in [1.82, 2.24) is 31.5 Å². The molecule has 0 bridgehead atoms. The summed E-state index contributed by atoms with van der Waals surface area (Å²) < 4.78 is 16.4. The van der Waals surface area contributed by atoms with Crippen LogP contribution in [0, 0.1) is 40.4 Å². The van der Waals surface area contributed by atoms with Crippen molar-refractivity contribution in [3.8, 4) is 0 Å². The number of rotatable bonds is 17. The molecule has 0 saturated heterocycles. The summed E-state index contributed by atoms with van der Waals surface area (Å²) in [5.74, 6) is 2.33. The molecule has 0 aromatic heterocycles. The number of aliphatic hydroxyl groups excluding tert-OH is 1. The quantitative estimate of drug-likeness (QED) is 0.0416. The summed E-state index contributed by atoms with van der Waals surface area (Å²) in [4.78, 5) is 51.4. The Kier molecular flexibility index (Phi) is 17.4. The van der Waals surface area contributed by atoms with Crippen molar-refractivity contribution in [2.45, 2.75) is 183 Å². The molecule has 5 N–H and O–H groups in total. The second-order valence-corrected chi connectivity index (χ2v) is 22.0. The second-order valence-electron chi connectivity index (χ2n) is 22.0. The Balaban J connectivity index is 1.27. The smallest absolute Gasteiger partial charge is 0.422 e. The van der Waals surface area contributed by atoms with Crippen LogP contribution in [0.15, 0.2) is 11.6 Å². The van der Waals surface area contributed by atoms with E-state index in [1.165, 1.54) is 18.4 Å². The summed E-state index contributed by atoms with van der Waals surface area (Å²) in [5.41, 5.74) is 5.70. The van der Waals surface area contributed by atoms with Crippen LogP contribution >= 0.6 is 0 Å². The van der Waals surface area contributed by atoms with E-state index < -0.39 is 35.1 Å². The van der Waals surface area contributed by atoms with Gasteiger partial charge in [-0.25, -0.2) is 24.4 Å². The largest absolute Gasteiger partial charge is 0.444 e. The molecule has 0 spiro atoms. The molecule has 4 amide bonds. The minimum absolute atomic E-state index is 0.0806. The highest BCUT2D eigenvalue weighted by atomic mass is 16.6. The molecule has 0 radical (unpaired) electrons. The third-order valence-corrected chi connectivity index (χ3v) is 13.7. The number of hydrogen-bond acceptors (Lipinski definition) is 10. The normalized spacial score (nSPS) is 28.1. The third kappa shape index (κ3) is 15.0. The zero-order valence-corrected chi connectivity index (χ0v) is 40.0. The van der Waals surface area contributed by atoms with Gasteiger partial charge in [0.25, 0.3) is 0 Å². The predicted octanol–water partition coefficient (Wildman–Crippen LogP) is 8.25. The minimum Gasteiger partial charge on any atom is -0.444 e. The van der Waals surface area contributed by atoms with E-state index in [4.69, 9.17) is 14.2 Å². The summed E-state index contributed by atoms with van der Waals surface area (Å²) >= 11 is 0. The van der Waals surface area contributed by atoms with Crippen LogP contribution in [-0.4, -0.2) is 101 Å². The first-order valence-corrected chi connectivity index (χ1v) is 23.4. The monoisotopic (exact) mass is 861 g/mol. The van der Waals surface area contributed by atoms with Crippen molar-refractivity contribution in [3.05, 3.63) is 11.6 Å². The lowest BCUT2D eigenvalue weighted by molar-refractivity contribution is -0.129. The van der Waals surface area contributed by atoms with Gasteiger partial charge in [-0.15, -0.1) is 0 Å². The number of nitrogens with one attached hydrogen (secondary N) is 4. The van der Waals surface area contributed by atoms with Crippen molar-refractivity contribution in [2.24, 2.45) is 40.4 Å². The molecule has 61 heavy (non-hydrogen) atoms. The van der Waals surface area contributed by atoms with E-state index in [2.05, 4.69) is 48.3 Å². The van der Waals surface area contributed by atoms with Gasteiger partial charge in [-0.05, 0) is 174 Å². The molecule has 3 fully saturated rings. The Morgan fingerprint density at radius 1 is 0.705 bits per heavy atom. The molecule has 4 aliphatic carbocycles. The van der Waals surface area contributed by atoms with Gasteiger partial charge in [0.2, 0.25) is 5.91 Å². The fourth-order valence-corrected chi connectivity index (χ4v) is 11.0. The highest BCUT2D eigenvalue weighted by Crippen LogP contribution is 2.67. The van der Waals surface area contributed by atoms with Crippen molar-refractivity contribution in [3.63, 3.8) is 0 Å². The van der Waals surface area contributed by atoms with Crippen LogP contribution in [0.4, 0.5) is 14.4 Å². The highest BCUT2D eigenvalue weighted by Gasteiger charge is 2.59. The molecule has 0 heterocycles. The van der Waals surface area contributed by atoms with Crippen LogP contribution in [0.5, 0.6) is 0 Å². The van der Waals surface area contributed by atoms with Gasteiger partial charge in [0.05, 0.1) is 6.10 Å². The number of unbranched alkanes of at least 4 members (excludes halogenated alkanes) is 1. The summed E-state index contributed by atoms with van der Waals surface area (Å²) in [6.07, 6.45) is 11.9. The van der Waals surface area contributed by atoms with Crippen LogP contribution in [0.2, 0.25) is 0 Å². The van der Waals surface area contributed by atoms with E-state index in [1.54, 1.807) is 5.01 Å². The first-order chi connectivity index (χ1) is 28.3. The lowest BCUT2D eigenvalue weighted by Gasteiger charge is -2.58. The number of aliphatic hydroxyl groups is 1. The summed E-state index contributed by atoms with van der Waals surface area (Å²) in [6, 6.07) is 0. The number of allylic oxidation sites excluding steroid dienone is 1. The number of ether oxygens (including phenoxy) is 3. The molecule has 0 aromatic rings. The van der Waals surface area contributed by atoms with Gasteiger partial charge in [-0.1, -0.05) is 32.4 Å². The molecule has 0 aromatic carbocycles. The second kappa shape index (κ2) is 21.1. The van der Waals surface area contributed by atoms with Crippen LogP contribution in [0.25, 0.3) is 0 Å². The maximum atomic E-state index is 13.8. The van der Waals surface area contributed by atoms with E-state index in [9.17, 15) is 24.3 Å². The maximum Gasteiger partial charge on any atom is 0.422 e. The van der Waals surface area contributed by atoms with Gasteiger partial charge in [0.1, 0.15) is 16.8 Å². The molecule has 8 atom stereocenters. The third-order valence-electron chi connectivity index (χ3n) is 13.7. The Labute approximate surface area is 367 Å². The number of fused-ring (bicyclic) bond motifs is 5. The molecule has 14 nitrogen and oxygen atoms in total. The van der Waals surface area contributed by atoms with E-state index in [0.717, 1.165) is 38.5 Å². The summed E-state index contributed by atoms with van der Waals surface area (Å²) in [7, 11) is 0.